The van der Waals surface area contributed by atoms with E-state index in [1.165, 1.54) is 0 Å². The van der Waals surface area contributed by atoms with E-state index in [1.54, 1.807) is 11.9 Å². The molecule has 0 aromatic heterocycles. The molecule has 1 amide bonds. The minimum atomic E-state index is -0.257. The van der Waals surface area contributed by atoms with Crippen LogP contribution in [0, 0.1) is 5.92 Å². The minimum absolute atomic E-state index is 0.0267. The van der Waals surface area contributed by atoms with Crippen LogP contribution in [0.1, 0.15) is 26.7 Å². The summed E-state index contributed by atoms with van der Waals surface area (Å²) in [4.78, 5) is 23.0. The van der Waals surface area contributed by atoms with Crippen LogP contribution in [0.25, 0.3) is 0 Å². The number of amides is 1. The monoisotopic (exact) mass is 214 g/mol. The molecular weight excluding hydrogens is 196 g/mol. The smallest absolute Gasteiger partial charge is 0.309 e. The highest BCUT2D eigenvalue weighted by Crippen LogP contribution is 2.18. The summed E-state index contributed by atoms with van der Waals surface area (Å²) in [6.45, 7) is 5.38. The molecule has 15 heavy (non-hydrogen) atoms. The first-order valence-electron chi connectivity index (χ1n) is 5.39. The number of carbonyl (C=O) groups excluding carboxylic acids is 2. The van der Waals surface area contributed by atoms with Crippen molar-refractivity contribution in [3.63, 3.8) is 0 Å². The van der Waals surface area contributed by atoms with Crippen LogP contribution in [-0.2, 0) is 14.3 Å². The van der Waals surface area contributed by atoms with Crippen LogP contribution in [0.4, 0.5) is 0 Å². The lowest BCUT2D eigenvalue weighted by molar-refractivity contribution is -0.155. The number of carbonyl (C=O) groups is 2. The van der Waals surface area contributed by atoms with E-state index < -0.39 is 0 Å². The molecule has 0 aromatic carbocycles. The van der Waals surface area contributed by atoms with Crippen LogP contribution >= 0.6 is 0 Å². The van der Waals surface area contributed by atoms with Crippen molar-refractivity contribution in [1.29, 1.82) is 0 Å². The van der Waals surface area contributed by atoms with Crippen LogP contribution in [-0.4, -0.2) is 36.6 Å². The average Bonchev–Trinajstić information content (AvgIpc) is 2.21. The first kappa shape index (κ1) is 12.0. The maximum atomic E-state index is 11.6. The van der Waals surface area contributed by atoms with Gasteiger partial charge < -0.3 is 4.74 Å². The highest BCUT2D eigenvalue weighted by molar-refractivity contribution is 5.84. The van der Waals surface area contributed by atoms with Gasteiger partial charge in [-0.1, -0.05) is 6.92 Å². The fourth-order valence-electron chi connectivity index (χ4n) is 1.65. The molecule has 5 heteroatoms. The van der Waals surface area contributed by atoms with Gasteiger partial charge in [0.1, 0.15) is 0 Å². The van der Waals surface area contributed by atoms with Crippen molar-refractivity contribution in [3.8, 4) is 0 Å². The van der Waals surface area contributed by atoms with Gasteiger partial charge in [0.25, 0.3) is 0 Å². The van der Waals surface area contributed by atoms with E-state index >= 15 is 0 Å². The molecule has 86 valence electrons. The molecule has 0 spiro atoms. The van der Waals surface area contributed by atoms with Crippen molar-refractivity contribution in [2.24, 2.45) is 5.92 Å². The first-order valence-corrected chi connectivity index (χ1v) is 5.39. The second kappa shape index (κ2) is 5.70. The number of esters is 1. The number of nitrogens with zero attached hydrogens (tertiary/aromatic N) is 1. The molecule has 0 saturated carbocycles. The van der Waals surface area contributed by atoms with Gasteiger partial charge >= 0.3 is 5.97 Å². The van der Waals surface area contributed by atoms with Crippen molar-refractivity contribution < 1.29 is 14.3 Å². The van der Waals surface area contributed by atoms with Crippen molar-refractivity contribution in [1.82, 2.24) is 10.4 Å². The SMILES string of the molecule is CCNN1CCC(C(=O)OCC)CC1=O. The fraction of sp³-hybridized carbons (Fsp3) is 0.800. The zero-order valence-electron chi connectivity index (χ0n) is 9.28. The standard InChI is InChI=1S/C10H18N2O3/c1-3-11-12-6-5-8(7-9(12)13)10(14)15-4-2/h8,11H,3-7H2,1-2H3. The van der Waals surface area contributed by atoms with E-state index in [-0.39, 0.29) is 24.2 Å². The number of piperidine rings is 1. The third-order valence-electron chi connectivity index (χ3n) is 2.39. The van der Waals surface area contributed by atoms with Gasteiger partial charge in [-0.05, 0) is 13.3 Å². The Labute approximate surface area is 89.7 Å². The third kappa shape index (κ3) is 3.20. The lowest BCUT2D eigenvalue weighted by Gasteiger charge is -2.30. The Balaban J connectivity index is 2.43. The molecule has 0 aliphatic carbocycles. The van der Waals surface area contributed by atoms with Crippen molar-refractivity contribution in [2.45, 2.75) is 26.7 Å². The summed E-state index contributed by atoms with van der Waals surface area (Å²) < 4.78 is 4.89. The Kier molecular flexibility index (Phi) is 4.55. The highest BCUT2D eigenvalue weighted by atomic mass is 16.5. The summed E-state index contributed by atoms with van der Waals surface area (Å²) in [5.74, 6) is -0.532. The molecule has 0 bridgehead atoms. The molecule has 0 aromatic rings. The number of ether oxygens (including phenoxy) is 1. The van der Waals surface area contributed by atoms with E-state index in [2.05, 4.69) is 5.43 Å². The zero-order valence-corrected chi connectivity index (χ0v) is 9.28. The zero-order chi connectivity index (χ0) is 11.3. The number of hydrogen-bond acceptors (Lipinski definition) is 4. The summed E-state index contributed by atoms with van der Waals surface area (Å²) in [6, 6.07) is 0. The molecular formula is C10H18N2O3. The van der Waals surface area contributed by atoms with Gasteiger partial charge in [0.2, 0.25) is 5.91 Å². The van der Waals surface area contributed by atoms with E-state index in [0.29, 0.717) is 19.6 Å². The predicted octanol–water partition coefficient (Wildman–Crippen LogP) is 0.313. The molecule has 5 nitrogen and oxygen atoms in total. The molecule has 1 heterocycles. The Hall–Kier alpha value is -1.10. The van der Waals surface area contributed by atoms with Gasteiger partial charge in [0.05, 0.1) is 12.5 Å². The second-order valence-electron chi connectivity index (χ2n) is 3.50. The van der Waals surface area contributed by atoms with Gasteiger partial charge in [0.15, 0.2) is 0 Å². The quantitative estimate of drug-likeness (QED) is 0.684. The van der Waals surface area contributed by atoms with E-state index in [1.807, 2.05) is 6.92 Å². The van der Waals surface area contributed by atoms with Crippen LogP contribution < -0.4 is 5.43 Å². The largest absolute Gasteiger partial charge is 0.466 e. The summed E-state index contributed by atoms with van der Waals surface area (Å²) in [5, 5.41) is 1.58. The average molecular weight is 214 g/mol. The predicted molar refractivity (Wildman–Crippen MR) is 54.7 cm³/mol. The summed E-state index contributed by atoms with van der Waals surface area (Å²) >= 11 is 0. The van der Waals surface area contributed by atoms with E-state index in [9.17, 15) is 9.59 Å². The Morgan fingerprint density at radius 1 is 1.60 bits per heavy atom. The van der Waals surface area contributed by atoms with Crippen molar-refractivity contribution in [3.05, 3.63) is 0 Å². The number of rotatable bonds is 4. The topological polar surface area (TPSA) is 58.6 Å². The Morgan fingerprint density at radius 3 is 2.87 bits per heavy atom. The fourth-order valence-corrected chi connectivity index (χ4v) is 1.65. The molecule has 1 unspecified atom stereocenters. The molecule has 1 saturated heterocycles. The maximum absolute atomic E-state index is 11.6. The van der Waals surface area contributed by atoms with Gasteiger partial charge in [-0.15, -0.1) is 0 Å². The summed E-state index contributed by atoms with van der Waals surface area (Å²) in [6.07, 6.45) is 0.934. The molecule has 0 radical (unpaired) electrons. The maximum Gasteiger partial charge on any atom is 0.309 e. The van der Waals surface area contributed by atoms with Gasteiger partial charge in [-0.25, -0.2) is 5.43 Å². The van der Waals surface area contributed by atoms with Crippen LogP contribution in [0.15, 0.2) is 0 Å². The Morgan fingerprint density at radius 2 is 2.33 bits per heavy atom. The highest BCUT2D eigenvalue weighted by Gasteiger charge is 2.30. The molecule has 1 N–H and O–H groups in total. The van der Waals surface area contributed by atoms with E-state index in [4.69, 9.17) is 4.74 Å². The summed E-state index contributed by atoms with van der Waals surface area (Å²) in [5.41, 5.74) is 2.96. The number of hydrogen-bond donors (Lipinski definition) is 1. The van der Waals surface area contributed by atoms with Gasteiger partial charge in [-0.2, -0.15) is 0 Å². The molecule has 1 fully saturated rings. The van der Waals surface area contributed by atoms with Crippen LogP contribution in [0.5, 0.6) is 0 Å². The number of hydrazine groups is 1. The second-order valence-corrected chi connectivity index (χ2v) is 3.50. The number of nitrogens with one attached hydrogen (secondary N) is 1. The Bertz CT molecular complexity index is 243. The van der Waals surface area contributed by atoms with Gasteiger partial charge in [0, 0.05) is 19.5 Å². The lowest BCUT2D eigenvalue weighted by Crippen LogP contribution is -2.48. The first-order chi connectivity index (χ1) is 7.19. The van der Waals surface area contributed by atoms with Crippen LogP contribution in [0.2, 0.25) is 0 Å². The van der Waals surface area contributed by atoms with Gasteiger partial charge in [-0.3, -0.25) is 14.6 Å². The third-order valence-corrected chi connectivity index (χ3v) is 2.39. The molecule has 1 aliphatic rings. The minimum Gasteiger partial charge on any atom is -0.466 e. The molecule has 1 aliphatic heterocycles. The summed E-state index contributed by atoms with van der Waals surface area (Å²) in [7, 11) is 0. The van der Waals surface area contributed by atoms with Crippen molar-refractivity contribution >= 4 is 11.9 Å². The van der Waals surface area contributed by atoms with Crippen molar-refractivity contribution in [2.75, 3.05) is 19.7 Å². The molecule has 1 atom stereocenters. The lowest BCUT2D eigenvalue weighted by atomic mass is 9.97. The normalized spacial score (nSPS) is 21.6. The van der Waals surface area contributed by atoms with Crippen LogP contribution in [0.3, 0.4) is 0 Å². The van der Waals surface area contributed by atoms with E-state index in [0.717, 1.165) is 6.54 Å². The molecule has 1 rings (SSSR count).